The van der Waals surface area contributed by atoms with E-state index in [2.05, 4.69) is 6.07 Å². The van der Waals surface area contributed by atoms with E-state index in [9.17, 15) is 0 Å². The molecule has 0 bridgehead atoms. The van der Waals surface area contributed by atoms with Gasteiger partial charge in [-0.1, -0.05) is 0 Å². The number of benzene rings is 1. The first kappa shape index (κ1) is 9.04. The molecule has 0 radical (unpaired) electrons. The highest BCUT2D eigenvalue weighted by Gasteiger charge is 2.27. The van der Waals surface area contributed by atoms with Gasteiger partial charge in [0.05, 0.1) is 17.2 Å². The van der Waals surface area contributed by atoms with Crippen LogP contribution in [0.5, 0.6) is 5.75 Å². The van der Waals surface area contributed by atoms with Crippen LogP contribution in [0, 0.1) is 11.3 Å². The smallest absolute Gasteiger partial charge is 0.122 e. The lowest BCUT2D eigenvalue weighted by atomic mass is 9.91. The monoisotopic (exact) mass is 188 g/mol. The van der Waals surface area contributed by atoms with Gasteiger partial charge in [-0.05, 0) is 37.1 Å². The van der Waals surface area contributed by atoms with Gasteiger partial charge in [0.1, 0.15) is 12.4 Å². The van der Waals surface area contributed by atoms with Crippen LogP contribution in [-0.2, 0) is 6.42 Å². The van der Waals surface area contributed by atoms with Crippen LogP contribution >= 0.6 is 0 Å². The van der Waals surface area contributed by atoms with Crippen molar-refractivity contribution >= 4 is 0 Å². The van der Waals surface area contributed by atoms with Crippen LogP contribution in [0.15, 0.2) is 18.2 Å². The van der Waals surface area contributed by atoms with E-state index in [0.29, 0.717) is 12.2 Å². The zero-order chi connectivity index (χ0) is 10.2. The van der Waals surface area contributed by atoms with Crippen molar-refractivity contribution in [1.82, 2.24) is 0 Å². The number of nitrogens with two attached hydrogens (primary N) is 1. The molecule has 0 aromatic heterocycles. The summed E-state index contributed by atoms with van der Waals surface area (Å²) < 4.78 is 5.50. The van der Waals surface area contributed by atoms with Crippen molar-refractivity contribution in [1.29, 1.82) is 5.26 Å². The molecule has 1 atom stereocenters. The van der Waals surface area contributed by atoms with Crippen LogP contribution in [0.1, 0.15) is 18.1 Å². The molecule has 1 heterocycles. The first-order valence-electron chi connectivity index (χ1n) is 4.55. The van der Waals surface area contributed by atoms with E-state index in [4.69, 9.17) is 15.7 Å². The summed E-state index contributed by atoms with van der Waals surface area (Å²) in [6.07, 6.45) is 0.762. The molecule has 2 rings (SSSR count). The highest BCUT2D eigenvalue weighted by molar-refractivity contribution is 5.44. The third kappa shape index (κ3) is 1.57. The molecule has 0 spiro atoms. The quantitative estimate of drug-likeness (QED) is 0.665. The summed E-state index contributed by atoms with van der Waals surface area (Å²) in [5, 5.41) is 8.75. The maximum absolute atomic E-state index is 8.75. The van der Waals surface area contributed by atoms with E-state index in [1.54, 1.807) is 6.07 Å². The van der Waals surface area contributed by atoms with Crippen LogP contribution in [0.2, 0.25) is 0 Å². The van der Waals surface area contributed by atoms with Gasteiger partial charge in [0, 0.05) is 0 Å². The molecule has 0 saturated carbocycles. The Morgan fingerprint density at radius 2 is 2.36 bits per heavy atom. The standard InChI is InChI=1S/C11H12N2O/c1-11(13)5-9-4-8(6-12)2-3-10(9)14-7-11/h2-4H,5,7,13H2,1H3/t11-/m0/s1. The van der Waals surface area contributed by atoms with E-state index in [1.807, 2.05) is 19.1 Å². The molecule has 3 heteroatoms. The fourth-order valence-electron chi connectivity index (χ4n) is 1.66. The van der Waals surface area contributed by atoms with Crippen molar-refractivity contribution in [3.8, 4) is 11.8 Å². The third-order valence-corrected chi connectivity index (χ3v) is 2.34. The second-order valence-electron chi connectivity index (χ2n) is 4.05. The van der Waals surface area contributed by atoms with E-state index in [-0.39, 0.29) is 5.54 Å². The maximum Gasteiger partial charge on any atom is 0.122 e. The van der Waals surface area contributed by atoms with Crippen LogP contribution in [-0.4, -0.2) is 12.1 Å². The molecule has 0 saturated heterocycles. The molecule has 1 aliphatic heterocycles. The topological polar surface area (TPSA) is 59.0 Å². The summed E-state index contributed by atoms with van der Waals surface area (Å²) in [4.78, 5) is 0. The second-order valence-corrected chi connectivity index (χ2v) is 4.05. The predicted octanol–water partition coefficient (Wildman–Crippen LogP) is 1.21. The summed E-state index contributed by atoms with van der Waals surface area (Å²) in [5.41, 5.74) is 7.34. The molecule has 14 heavy (non-hydrogen) atoms. The van der Waals surface area contributed by atoms with Crippen LogP contribution in [0.25, 0.3) is 0 Å². The van der Waals surface area contributed by atoms with Gasteiger partial charge in [0.15, 0.2) is 0 Å². The Hall–Kier alpha value is -1.53. The molecule has 1 aliphatic rings. The van der Waals surface area contributed by atoms with Crippen LogP contribution in [0.3, 0.4) is 0 Å². The van der Waals surface area contributed by atoms with Crippen molar-refractivity contribution in [3.63, 3.8) is 0 Å². The van der Waals surface area contributed by atoms with E-state index < -0.39 is 0 Å². The molecule has 0 unspecified atom stereocenters. The molecule has 1 aromatic carbocycles. The minimum atomic E-state index is -0.318. The van der Waals surface area contributed by atoms with Gasteiger partial charge >= 0.3 is 0 Å². The number of hydrogen-bond donors (Lipinski definition) is 1. The summed E-state index contributed by atoms with van der Waals surface area (Å²) in [6.45, 7) is 2.49. The average Bonchev–Trinajstić information content (AvgIpc) is 2.15. The Balaban J connectivity index is 2.40. The van der Waals surface area contributed by atoms with Crippen molar-refractivity contribution < 1.29 is 4.74 Å². The molecule has 2 N–H and O–H groups in total. The minimum Gasteiger partial charge on any atom is -0.491 e. The Morgan fingerprint density at radius 1 is 1.57 bits per heavy atom. The number of hydrogen-bond acceptors (Lipinski definition) is 3. The average molecular weight is 188 g/mol. The Morgan fingerprint density at radius 3 is 3.07 bits per heavy atom. The lowest BCUT2D eigenvalue weighted by Gasteiger charge is -2.31. The molecule has 0 fully saturated rings. The maximum atomic E-state index is 8.75. The normalized spacial score (nSPS) is 24.6. The minimum absolute atomic E-state index is 0.318. The molecule has 3 nitrogen and oxygen atoms in total. The van der Waals surface area contributed by atoms with Gasteiger partial charge in [-0.25, -0.2) is 0 Å². The number of fused-ring (bicyclic) bond motifs is 1. The summed E-state index contributed by atoms with van der Waals surface area (Å²) in [5.74, 6) is 0.854. The lowest BCUT2D eigenvalue weighted by Crippen LogP contribution is -2.47. The Labute approximate surface area is 83.1 Å². The third-order valence-electron chi connectivity index (χ3n) is 2.34. The first-order valence-corrected chi connectivity index (χ1v) is 4.55. The van der Waals surface area contributed by atoms with Gasteiger partial charge < -0.3 is 10.5 Å². The number of ether oxygens (including phenoxy) is 1. The fourth-order valence-corrected chi connectivity index (χ4v) is 1.66. The number of rotatable bonds is 0. The van der Waals surface area contributed by atoms with Crippen molar-refractivity contribution in [2.45, 2.75) is 18.9 Å². The molecule has 72 valence electrons. The van der Waals surface area contributed by atoms with Gasteiger partial charge in [-0.3, -0.25) is 0 Å². The zero-order valence-electron chi connectivity index (χ0n) is 8.08. The number of nitriles is 1. The predicted molar refractivity (Wildman–Crippen MR) is 52.9 cm³/mol. The molecule has 1 aromatic rings. The second kappa shape index (κ2) is 3.00. The van der Waals surface area contributed by atoms with Crippen molar-refractivity contribution in [2.24, 2.45) is 5.73 Å². The Bertz CT molecular complexity index is 404. The van der Waals surface area contributed by atoms with Gasteiger partial charge in [-0.15, -0.1) is 0 Å². The summed E-state index contributed by atoms with van der Waals surface area (Å²) in [7, 11) is 0. The van der Waals surface area contributed by atoms with E-state index in [0.717, 1.165) is 17.7 Å². The molecular weight excluding hydrogens is 176 g/mol. The SMILES string of the molecule is C[C@@]1(N)COc2ccc(C#N)cc2C1. The summed E-state index contributed by atoms with van der Waals surface area (Å²) in [6, 6.07) is 7.55. The van der Waals surface area contributed by atoms with E-state index in [1.165, 1.54) is 0 Å². The first-order chi connectivity index (χ1) is 6.61. The molecule has 0 amide bonds. The lowest BCUT2D eigenvalue weighted by molar-refractivity contribution is 0.204. The van der Waals surface area contributed by atoms with Gasteiger partial charge in [0.25, 0.3) is 0 Å². The van der Waals surface area contributed by atoms with Gasteiger partial charge in [0.2, 0.25) is 0 Å². The highest BCUT2D eigenvalue weighted by Crippen LogP contribution is 2.28. The molecular formula is C11H12N2O. The Kier molecular flexibility index (Phi) is 1.94. The van der Waals surface area contributed by atoms with Crippen molar-refractivity contribution in [3.05, 3.63) is 29.3 Å². The number of nitrogens with zero attached hydrogens (tertiary/aromatic N) is 1. The highest BCUT2D eigenvalue weighted by atomic mass is 16.5. The van der Waals surface area contributed by atoms with Gasteiger partial charge in [-0.2, -0.15) is 5.26 Å². The largest absolute Gasteiger partial charge is 0.491 e. The fraction of sp³-hybridized carbons (Fsp3) is 0.364. The zero-order valence-corrected chi connectivity index (χ0v) is 8.08. The summed E-state index contributed by atoms with van der Waals surface area (Å²) >= 11 is 0. The van der Waals surface area contributed by atoms with Crippen LogP contribution < -0.4 is 10.5 Å². The molecule has 0 aliphatic carbocycles. The van der Waals surface area contributed by atoms with E-state index >= 15 is 0 Å². The van der Waals surface area contributed by atoms with Crippen LogP contribution in [0.4, 0.5) is 0 Å². The van der Waals surface area contributed by atoms with Crippen molar-refractivity contribution in [2.75, 3.05) is 6.61 Å².